The number of anilines is 1. The Kier molecular flexibility index (Phi) is 5.59. The number of aliphatic hydroxyl groups excluding tert-OH is 1. The number of aromatic nitrogens is 1. The lowest BCUT2D eigenvalue weighted by Crippen LogP contribution is -2.31. The number of esters is 1. The number of ether oxygens (including phenoxy) is 1. The van der Waals surface area contributed by atoms with E-state index in [2.05, 4.69) is 4.98 Å². The van der Waals surface area contributed by atoms with Crippen molar-refractivity contribution in [3.63, 3.8) is 0 Å². The molecule has 8 heteroatoms. The number of ketones is 1. The maximum absolute atomic E-state index is 13.1. The normalized spacial score (nSPS) is 16.0. The fourth-order valence-corrected chi connectivity index (χ4v) is 3.50. The van der Waals surface area contributed by atoms with E-state index in [9.17, 15) is 19.5 Å². The third-order valence-corrected chi connectivity index (χ3v) is 4.89. The summed E-state index contributed by atoms with van der Waals surface area (Å²) in [5.41, 5.74) is 0.947. The highest BCUT2D eigenvalue weighted by atomic mass is 16.5. The van der Waals surface area contributed by atoms with Crippen molar-refractivity contribution in [3.8, 4) is 0 Å². The number of furan rings is 1. The quantitative estimate of drug-likeness (QED) is 0.463. The Balaban J connectivity index is 1.76. The zero-order valence-corrected chi connectivity index (χ0v) is 17.4. The summed E-state index contributed by atoms with van der Waals surface area (Å²) in [7, 11) is 0. The van der Waals surface area contributed by atoms with Gasteiger partial charge in [-0.25, -0.2) is 4.79 Å². The molecule has 4 rings (SSSR count). The van der Waals surface area contributed by atoms with Gasteiger partial charge in [-0.1, -0.05) is 6.07 Å². The lowest BCUT2D eigenvalue weighted by atomic mass is 9.98. The summed E-state index contributed by atoms with van der Waals surface area (Å²) in [5, 5.41) is 10.7. The fourth-order valence-electron chi connectivity index (χ4n) is 3.50. The van der Waals surface area contributed by atoms with Crippen LogP contribution >= 0.6 is 0 Å². The Bertz CT molecular complexity index is 1180. The molecule has 0 saturated carbocycles. The first-order chi connectivity index (χ1) is 15.4. The molecule has 162 valence electrons. The van der Waals surface area contributed by atoms with Crippen molar-refractivity contribution in [1.29, 1.82) is 0 Å². The summed E-state index contributed by atoms with van der Waals surface area (Å²) < 4.78 is 10.4. The van der Waals surface area contributed by atoms with Gasteiger partial charge < -0.3 is 14.3 Å². The highest BCUT2D eigenvalue weighted by molar-refractivity contribution is 6.20. The average molecular weight is 432 g/mol. The number of hydrogen-bond donors (Lipinski definition) is 1. The van der Waals surface area contributed by atoms with Crippen LogP contribution in [-0.4, -0.2) is 33.9 Å². The van der Waals surface area contributed by atoms with Crippen molar-refractivity contribution in [1.82, 2.24) is 4.98 Å². The SMILES string of the molecule is CC(C)OC(=O)c1ccc(N2C(=O)C(O)=C(C(=O)c3ccco3)C2c2ccccn2)cc1. The van der Waals surface area contributed by atoms with Crippen LogP contribution in [0.25, 0.3) is 0 Å². The second kappa shape index (κ2) is 8.50. The number of rotatable bonds is 6. The molecule has 1 aromatic carbocycles. The molecule has 1 aliphatic rings. The van der Waals surface area contributed by atoms with Gasteiger partial charge in [-0.2, -0.15) is 0 Å². The van der Waals surface area contributed by atoms with Crippen LogP contribution in [0.1, 0.15) is 46.5 Å². The molecule has 1 aliphatic heterocycles. The number of pyridine rings is 1. The first-order valence-corrected chi connectivity index (χ1v) is 9.95. The number of nitrogens with zero attached hydrogens (tertiary/aromatic N) is 2. The predicted octanol–water partition coefficient (Wildman–Crippen LogP) is 4.02. The molecule has 0 radical (unpaired) electrons. The van der Waals surface area contributed by atoms with Gasteiger partial charge in [0.05, 0.1) is 29.2 Å². The van der Waals surface area contributed by atoms with E-state index in [4.69, 9.17) is 9.15 Å². The van der Waals surface area contributed by atoms with E-state index < -0.39 is 29.5 Å². The van der Waals surface area contributed by atoms with Crippen LogP contribution in [0.5, 0.6) is 0 Å². The summed E-state index contributed by atoms with van der Waals surface area (Å²) in [4.78, 5) is 43.9. The van der Waals surface area contributed by atoms with Crippen LogP contribution in [0.2, 0.25) is 0 Å². The molecular weight excluding hydrogens is 412 g/mol. The van der Waals surface area contributed by atoms with Gasteiger partial charge in [0.1, 0.15) is 6.04 Å². The number of carbonyl (C=O) groups excluding carboxylic acids is 3. The second-order valence-corrected chi connectivity index (χ2v) is 7.40. The molecule has 2 aromatic heterocycles. The molecule has 1 atom stereocenters. The Labute approximate surface area is 183 Å². The van der Waals surface area contributed by atoms with Gasteiger partial charge in [-0.15, -0.1) is 0 Å². The van der Waals surface area contributed by atoms with Gasteiger partial charge in [-0.3, -0.25) is 19.5 Å². The molecule has 0 spiro atoms. The summed E-state index contributed by atoms with van der Waals surface area (Å²) in [6.45, 7) is 3.50. The van der Waals surface area contributed by atoms with Crippen LogP contribution in [0, 0.1) is 0 Å². The molecule has 8 nitrogen and oxygen atoms in total. The first-order valence-electron chi connectivity index (χ1n) is 9.95. The molecule has 1 N–H and O–H groups in total. The Morgan fingerprint density at radius 3 is 2.44 bits per heavy atom. The number of Topliss-reactive ketones (excluding diaryl/α,β-unsaturated/α-hetero) is 1. The first kappa shape index (κ1) is 21.0. The molecule has 0 bridgehead atoms. The van der Waals surface area contributed by atoms with E-state index >= 15 is 0 Å². The smallest absolute Gasteiger partial charge is 0.338 e. The third-order valence-electron chi connectivity index (χ3n) is 4.89. The minimum atomic E-state index is -0.977. The number of carbonyl (C=O) groups is 3. The lowest BCUT2D eigenvalue weighted by molar-refractivity contribution is -0.117. The van der Waals surface area contributed by atoms with Crippen molar-refractivity contribution in [2.75, 3.05) is 4.90 Å². The van der Waals surface area contributed by atoms with E-state index in [0.717, 1.165) is 0 Å². The maximum Gasteiger partial charge on any atom is 0.338 e. The number of amides is 1. The van der Waals surface area contributed by atoms with Crippen molar-refractivity contribution in [2.45, 2.75) is 26.0 Å². The molecular formula is C24H20N2O6. The van der Waals surface area contributed by atoms with Gasteiger partial charge >= 0.3 is 5.97 Å². The summed E-state index contributed by atoms with van der Waals surface area (Å²) >= 11 is 0. The van der Waals surface area contributed by atoms with Crippen LogP contribution in [-0.2, 0) is 9.53 Å². The highest BCUT2D eigenvalue weighted by Crippen LogP contribution is 2.41. The minimum absolute atomic E-state index is 0.00564. The molecule has 1 unspecified atom stereocenters. The van der Waals surface area contributed by atoms with Gasteiger partial charge in [0.25, 0.3) is 5.91 Å². The second-order valence-electron chi connectivity index (χ2n) is 7.40. The van der Waals surface area contributed by atoms with Gasteiger partial charge in [0.15, 0.2) is 11.5 Å². The van der Waals surface area contributed by atoms with E-state index in [0.29, 0.717) is 16.9 Å². The van der Waals surface area contributed by atoms with Crippen molar-refractivity contribution in [3.05, 3.63) is 95.4 Å². The van der Waals surface area contributed by atoms with Gasteiger partial charge in [-0.05, 0) is 62.4 Å². The molecule has 3 heterocycles. The molecule has 3 aromatic rings. The molecule has 0 fully saturated rings. The average Bonchev–Trinajstić information content (AvgIpc) is 3.41. The van der Waals surface area contributed by atoms with Gasteiger partial charge in [0.2, 0.25) is 5.78 Å². The van der Waals surface area contributed by atoms with Crippen LogP contribution < -0.4 is 4.90 Å². The zero-order chi connectivity index (χ0) is 22.8. The minimum Gasteiger partial charge on any atom is -0.503 e. The van der Waals surface area contributed by atoms with Crippen LogP contribution in [0.3, 0.4) is 0 Å². The fraction of sp³-hybridized carbons (Fsp3) is 0.167. The van der Waals surface area contributed by atoms with Gasteiger partial charge in [0, 0.05) is 11.9 Å². The number of benzene rings is 1. The predicted molar refractivity (Wildman–Crippen MR) is 114 cm³/mol. The maximum atomic E-state index is 13.1. The van der Waals surface area contributed by atoms with E-state index in [1.165, 1.54) is 35.6 Å². The lowest BCUT2D eigenvalue weighted by Gasteiger charge is -2.26. The van der Waals surface area contributed by atoms with Crippen molar-refractivity contribution in [2.24, 2.45) is 0 Å². The monoisotopic (exact) mass is 432 g/mol. The van der Waals surface area contributed by atoms with Crippen LogP contribution in [0.15, 0.2) is 82.8 Å². The van der Waals surface area contributed by atoms with Crippen molar-refractivity contribution >= 4 is 23.3 Å². The molecule has 0 saturated heterocycles. The molecule has 32 heavy (non-hydrogen) atoms. The Hall–Kier alpha value is -4.20. The number of hydrogen-bond acceptors (Lipinski definition) is 7. The molecule has 0 aliphatic carbocycles. The zero-order valence-electron chi connectivity index (χ0n) is 17.4. The largest absolute Gasteiger partial charge is 0.503 e. The van der Waals surface area contributed by atoms with E-state index in [1.54, 1.807) is 50.2 Å². The summed E-state index contributed by atoms with van der Waals surface area (Å²) in [6, 6.07) is 13.3. The van der Waals surface area contributed by atoms with Crippen molar-refractivity contribution < 1.29 is 28.6 Å². The standard InChI is InChI=1S/C24H20N2O6/c1-14(2)32-24(30)15-8-10-16(11-9-15)26-20(17-6-3-4-12-25-17)19(22(28)23(26)29)21(27)18-7-5-13-31-18/h3-14,20,28H,1-2H3. The van der Waals surface area contributed by atoms with Crippen LogP contribution in [0.4, 0.5) is 5.69 Å². The summed E-state index contributed by atoms with van der Waals surface area (Å²) in [6.07, 6.45) is 2.60. The highest BCUT2D eigenvalue weighted by Gasteiger charge is 2.45. The third kappa shape index (κ3) is 3.78. The Morgan fingerprint density at radius 1 is 1.09 bits per heavy atom. The summed E-state index contributed by atoms with van der Waals surface area (Å²) in [5.74, 6) is -2.54. The number of aliphatic hydroxyl groups is 1. The van der Waals surface area contributed by atoms with E-state index in [1.807, 2.05) is 0 Å². The Morgan fingerprint density at radius 2 is 1.84 bits per heavy atom. The van der Waals surface area contributed by atoms with E-state index in [-0.39, 0.29) is 17.4 Å². The molecule has 1 amide bonds. The topological polar surface area (TPSA) is 110 Å².